The van der Waals surface area contributed by atoms with Gasteiger partial charge in [-0.05, 0) is 31.6 Å². The number of hydrogen-bond acceptors (Lipinski definition) is 2. The molecule has 0 spiro atoms. The molecule has 1 unspecified atom stereocenters. The lowest BCUT2D eigenvalue weighted by Crippen LogP contribution is -2.22. The van der Waals surface area contributed by atoms with Crippen LogP contribution in [0, 0.1) is 5.92 Å². The van der Waals surface area contributed by atoms with Crippen molar-refractivity contribution in [1.29, 1.82) is 0 Å². The lowest BCUT2D eigenvalue weighted by Gasteiger charge is -2.22. The Balaban J connectivity index is 1.73. The first-order valence-corrected chi connectivity index (χ1v) is 12.1. The Kier molecular flexibility index (Phi) is 16.9. The second-order valence-corrected chi connectivity index (χ2v) is 8.59. The van der Waals surface area contributed by atoms with Gasteiger partial charge in [-0.2, -0.15) is 0 Å². The first-order valence-electron chi connectivity index (χ1n) is 12.1. The normalized spacial score (nSPS) is 18.9. The molecule has 0 N–H and O–H groups in total. The fraction of sp³-hybridized carbons (Fsp3) is 1.00. The van der Waals surface area contributed by atoms with E-state index in [0.29, 0.717) is 0 Å². The maximum Gasteiger partial charge on any atom is 0.157 e. The Bertz CT molecular complexity index is 273. The summed E-state index contributed by atoms with van der Waals surface area (Å²) in [4.78, 5) is 0. The van der Waals surface area contributed by atoms with Crippen molar-refractivity contribution in [3.63, 3.8) is 0 Å². The molecule has 0 aromatic heterocycles. The van der Waals surface area contributed by atoms with E-state index in [2.05, 4.69) is 13.8 Å². The van der Waals surface area contributed by atoms with Crippen LogP contribution >= 0.6 is 0 Å². The van der Waals surface area contributed by atoms with Crippen molar-refractivity contribution in [2.24, 2.45) is 5.92 Å². The molecule has 0 aromatic carbocycles. The molecule has 0 saturated carbocycles. The van der Waals surface area contributed by atoms with Gasteiger partial charge in [-0.25, -0.2) is 0 Å². The first-order chi connectivity index (χ1) is 12.8. The Morgan fingerprint density at radius 2 is 1.35 bits per heavy atom. The molecule has 0 bridgehead atoms. The molecule has 0 aromatic rings. The van der Waals surface area contributed by atoms with Gasteiger partial charge in [-0.15, -0.1) is 0 Å². The monoisotopic (exact) mass is 368 g/mol. The van der Waals surface area contributed by atoms with Crippen LogP contribution in [0.1, 0.15) is 129 Å². The van der Waals surface area contributed by atoms with Gasteiger partial charge in [0.05, 0.1) is 0 Å². The number of hydrogen-bond donors (Lipinski definition) is 0. The largest absolute Gasteiger partial charge is 0.353 e. The molecule has 0 amide bonds. The summed E-state index contributed by atoms with van der Waals surface area (Å²) in [6.07, 6.45) is 24.8. The van der Waals surface area contributed by atoms with E-state index in [4.69, 9.17) is 9.47 Å². The highest BCUT2D eigenvalue weighted by atomic mass is 16.7. The smallest absolute Gasteiger partial charge is 0.157 e. The lowest BCUT2D eigenvalue weighted by atomic mass is 9.96. The summed E-state index contributed by atoms with van der Waals surface area (Å²) in [7, 11) is 0. The molecule has 0 aliphatic carbocycles. The Hall–Kier alpha value is -0.0800. The molecule has 2 nitrogen and oxygen atoms in total. The zero-order chi connectivity index (χ0) is 18.7. The third kappa shape index (κ3) is 15.0. The van der Waals surface area contributed by atoms with Crippen molar-refractivity contribution >= 4 is 0 Å². The second kappa shape index (κ2) is 18.3. The summed E-state index contributed by atoms with van der Waals surface area (Å²) >= 11 is 0. The van der Waals surface area contributed by atoms with Crippen LogP contribution in [0.5, 0.6) is 0 Å². The van der Waals surface area contributed by atoms with E-state index in [1.54, 1.807) is 0 Å². The van der Waals surface area contributed by atoms with Gasteiger partial charge in [-0.3, -0.25) is 0 Å². The van der Waals surface area contributed by atoms with E-state index in [0.717, 1.165) is 25.6 Å². The van der Waals surface area contributed by atoms with Crippen LogP contribution in [0.25, 0.3) is 0 Å². The molecule has 26 heavy (non-hydrogen) atoms. The standard InChI is InChI=1S/C24H48O2/c1-3-4-5-6-10-13-18-23(2)19-14-11-8-7-9-12-16-21-25-24-20-15-17-22-26-24/h23-24H,3-22H2,1-2H3/t23-,24?/m1/s1. The zero-order valence-electron chi connectivity index (χ0n) is 18.1. The minimum Gasteiger partial charge on any atom is -0.353 e. The van der Waals surface area contributed by atoms with E-state index in [1.807, 2.05) is 0 Å². The highest BCUT2D eigenvalue weighted by molar-refractivity contribution is 4.56. The molecular formula is C24H48O2. The van der Waals surface area contributed by atoms with E-state index in [-0.39, 0.29) is 6.29 Å². The van der Waals surface area contributed by atoms with Crippen molar-refractivity contribution in [3.8, 4) is 0 Å². The van der Waals surface area contributed by atoms with E-state index < -0.39 is 0 Å². The van der Waals surface area contributed by atoms with Gasteiger partial charge in [0.25, 0.3) is 0 Å². The summed E-state index contributed by atoms with van der Waals surface area (Å²) in [5, 5.41) is 0. The quantitative estimate of drug-likeness (QED) is 0.228. The number of unbranched alkanes of at least 4 members (excludes halogenated alkanes) is 11. The van der Waals surface area contributed by atoms with Gasteiger partial charge >= 0.3 is 0 Å². The van der Waals surface area contributed by atoms with E-state index in [1.165, 1.54) is 109 Å². The maximum atomic E-state index is 5.79. The molecule has 1 fully saturated rings. The molecule has 1 aliphatic heterocycles. The van der Waals surface area contributed by atoms with Crippen LogP contribution in [0.3, 0.4) is 0 Å². The zero-order valence-corrected chi connectivity index (χ0v) is 18.1. The number of rotatable bonds is 18. The first kappa shape index (κ1) is 24.0. The topological polar surface area (TPSA) is 18.5 Å². The Labute approximate surface area is 164 Å². The number of ether oxygens (including phenoxy) is 2. The van der Waals surface area contributed by atoms with Crippen LogP contribution in [0.15, 0.2) is 0 Å². The lowest BCUT2D eigenvalue weighted by molar-refractivity contribution is -0.162. The van der Waals surface area contributed by atoms with Gasteiger partial charge in [-0.1, -0.05) is 104 Å². The molecule has 156 valence electrons. The van der Waals surface area contributed by atoms with Gasteiger partial charge in [0.15, 0.2) is 6.29 Å². The molecular weight excluding hydrogens is 320 g/mol. The molecule has 1 heterocycles. The average Bonchev–Trinajstić information content (AvgIpc) is 2.67. The summed E-state index contributed by atoms with van der Waals surface area (Å²) in [6, 6.07) is 0. The average molecular weight is 369 g/mol. The van der Waals surface area contributed by atoms with Crippen molar-refractivity contribution in [2.75, 3.05) is 13.2 Å². The summed E-state index contributed by atoms with van der Waals surface area (Å²) in [5.74, 6) is 0.945. The second-order valence-electron chi connectivity index (χ2n) is 8.59. The fourth-order valence-corrected chi connectivity index (χ4v) is 3.95. The van der Waals surface area contributed by atoms with Crippen molar-refractivity contribution < 1.29 is 9.47 Å². The van der Waals surface area contributed by atoms with Crippen molar-refractivity contribution in [1.82, 2.24) is 0 Å². The molecule has 1 aliphatic rings. The van der Waals surface area contributed by atoms with Gasteiger partial charge in [0.2, 0.25) is 0 Å². The fourth-order valence-electron chi connectivity index (χ4n) is 3.95. The van der Waals surface area contributed by atoms with Gasteiger partial charge in [0.1, 0.15) is 0 Å². The predicted molar refractivity (Wildman–Crippen MR) is 114 cm³/mol. The Morgan fingerprint density at radius 1 is 0.769 bits per heavy atom. The molecule has 2 heteroatoms. The summed E-state index contributed by atoms with van der Waals surface area (Å²) in [5.41, 5.74) is 0. The molecule has 1 saturated heterocycles. The highest BCUT2D eigenvalue weighted by Crippen LogP contribution is 2.19. The van der Waals surface area contributed by atoms with Gasteiger partial charge < -0.3 is 9.47 Å². The minimum atomic E-state index is 0.0991. The van der Waals surface area contributed by atoms with Crippen LogP contribution in [0.4, 0.5) is 0 Å². The van der Waals surface area contributed by atoms with E-state index in [9.17, 15) is 0 Å². The maximum absolute atomic E-state index is 5.79. The summed E-state index contributed by atoms with van der Waals surface area (Å²) < 4.78 is 11.4. The molecule has 0 radical (unpaired) electrons. The predicted octanol–water partition coefficient (Wildman–Crippen LogP) is 8.04. The molecule has 1 rings (SSSR count). The minimum absolute atomic E-state index is 0.0991. The third-order valence-electron chi connectivity index (χ3n) is 5.83. The van der Waals surface area contributed by atoms with Crippen LogP contribution in [-0.4, -0.2) is 19.5 Å². The SMILES string of the molecule is CCCCCCCC[C@@H](C)CCCCCCCCCOC1CCCCO1. The molecule has 2 atom stereocenters. The van der Waals surface area contributed by atoms with Crippen molar-refractivity contribution in [2.45, 2.75) is 136 Å². The van der Waals surface area contributed by atoms with Crippen LogP contribution in [0.2, 0.25) is 0 Å². The van der Waals surface area contributed by atoms with Crippen molar-refractivity contribution in [3.05, 3.63) is 0 Å². The Morgan fingerprint density at radius 3 is 1.92 bits per heavy atom. The van der Waals surface area contributed by atoms with Crippen LogP contribution < -0.4 is 0 Å². The summed E-state index contributed by atoms with van der Waals surface area (Å²) in [6.45, 7) is 6.54. The highest BCUT2D eigenvalue weighted by Gasteiger charge is 2.13. The third-order valence-corrected chi connectivity index (χ3v) is 5.83. The van der Waals surface area contributed by atoms with E-state index >= 15 is 0 Å². The van der Waals surface area contributed by atoms with Crippen LogP contribution in [-0.2, 0) is 9.47 Å². The van der Waals surface area contributed by atoms with Gasteiger partial charge in [0, 0.05) is 13.2 Å².